The number of carboxylic acid groups (broad SMARTS) is 1. The van der Waals surface area contributed by atoms with Crippen LogP contribution in [0.15, 0.2) is 6.33 Å². The summed E-state index contributed by atoms with van der Waals surface area (Å²) in [6.45, 7) is 7.25. The summed E-state index contributed by atoms with van der Waals surface area (Å²) < 4.78 is 0. The Balaban J connectivity index is 2.01. The van der Waals surface area contributed by atoms with E-state index < -0.39 is 5.97 Å². The summed E-state index contributed by atoms with van der Waals surface area (Å²) in [4.78, 5) is 23.3. The van der Waals surface area contributed by atoms with Crippen LogP contribution in [0.3, 0.4) is 0 Å². The Kier molecular flexibility index (Phi) is 3.76. The first-order chi connectivity index (χ1) is 8.58. The van der Waals surface area contributed by atoms with E-state index in [0.29, 0.717) is 0 Å². The van der Waals surface area contributed by atoms with Crippen LogP contribution in [0.4, 0.5) is 5.82 Å². The Morgan fingerprint density at radius 2 is 1.94 bits per heavy atom. The van der Waals surface area contributed by atoms with Gasteiger partial charge in [0.05, 0.1) is 6.54 Å². The van der Waals surface area contributed by atoms with Gasteiger partial charge in [-0.2, -0.15) is 0 Å². The first-order valence-corrected chi connectivity index (χ1v) is 6.05. The lowest BCUT2D eigenvalue weighted by molar-refractivity contribution is -0.138. The molecule has 6 heteroatoms. The van der Waals surface area contributed by atoms with Gasteiger partial charge >= 0.3 is 5.97 Å². The highest BCUT2D eigenvalue weighted by Crippen LogP contribution is 2.19. The Hall–Kier alpha value is -1.69. The molecule has 0 amide bonds. The minimum absolute atomic E-state index is 0.121. The molecule has 18 heavy (non-hydrogen) atoms. The van der Waals surface area contributed by atoms with Crippen LogP contribution in [0.25, 0.3) is 0 Å². The number of hydrogen-bond donors (Lipinski definition) is 1. The summed E-state index contributed by atoms with van der Waals surface area (Å²) >= 11 is 0. The van der Waals surface area contributed by atoms with Crippen molar-refractivity contribution in [1.29, 1.82) is 0 Å². The quantitative estimate of drug-likeness (QED) is 0.832. The Bertz CT molecular complexity index is 442. The zero-order chi connectivity index (χ0) is 13.1. The van der Waals surface area contributed by atoms with Crippen molar-refractivity contribution >= 4 is 11.8 Å². The second kappa shape index (κ2) is 5.30. The molecule has 0 saturated carbocycles. The van der Waals surface area contributed by atoms with Gasteiger partial charge in [-0.1, -0.05) is 0 Å². The van der Waals surface area contributed by atoms with Crippen LogP contribution in [0.1, 0.15) is 11.3 Å². The number of carbonyl (C=O) groups is 1. The first-order valence-electron chi connectivity index (χ1n) is 6.05. The maximum absolute atomic E-state index is 10.6. The third-order valence-electron chi connectivity index (χ3n) is 3.34. The Labute approximate surface area is 106 Å². The van der Waals surface area contributed by atoms with E-state index in [-0.39, 0.29) is 6.54 Å². The number of hydrogen-bond acceptors (Lipinski definition) is 5. The van der Waals surface area contributed by atoms with Crippen molar-refractivity contribution in [2.75, 3.05) is 37.6 Å². The number of piperazine rings is 1. The average Bonchev–Trinajstić information content (AvgIpc) is 2.33. The summed E-state index contributed by atoms with van der Waals surface area (Å²) in [6.07, 6.45) is 1.58. The average molecular weight is 250 g/mol. The monoisotopic (exact) mass is 250 g/mol. The normalized spacial score (nSPS) is 16.9. The maximum Gasteiger partial charge on any atom is 0.317 e. The molecule has 1 aromatic rings. The van der Waals surface area contributed by atoms with Crippen molar-refractivity contribution in [2.45, 2.75) is 13.8 Å². The molecule has 1 fully saturated rings. The molecule has 1 N–H and O–H groups in total. The van der Waals surface area contributed by atoms with Crippen LogP contribution in [0.5, 0.6) is 0 Å². The SMILES string of the molecule is Cc1ncnc(N2CCN(CC(=O)O)CC2)c1C. The molecule has 6 nitrogen and oxygen atoms in total. The zero-order valence-electron chi connectivity index (χ0n) is 10.8. The van der Waals surface area contributed by atoms with Gasteiger partial charge in [0.1, 0.15) is 12.1 Å². The van der Waals surface area contributed by atoms with Crippen LogP contribution in [0.2, 0.25) is 0 Å². The molecule has 1 saturated heterocycles. The van der Waals surface area contributed by atoms with Crippen LogP contribution in [-0.4, -0.2) is 58.7 Å². The number of aromatic nitrogens is 2. The van der Waals surface area contributed by atoms with Crippen LogP contribution in [0, 0.1) is 13.8 Å². The largest absolute Gasteiger partial charge is 0.480 e. The number of anilines is 1. The highest BCUT2D eigenvalue weighted by molar-refractivity contribution is 5.69. The first kappa shape index (κ1) is 12.8. The molecule has 0 radical (unpaired) electrons. The molecule has 0 spiro atoms. The van der Waals surface area contributed by atoms with Crippen LogP contribution < -0.4 is 4.90 Å². The molecule has 1 aliphatic heterocycles. The lowest BCUT2D eigenvalue weighted by Gasteiger charge is -2.35. The summed E-state index contributed by atoms with van der Waals surface area (Å²) in [6, 6.07) is 0. The van der Waals surface area contributed by atoms with Gasteiger partial charge in [-0.3, -0.25) is 9.69 Å². The van der Waals surface area contributed by atoms with Gasteiger partial charge in [0.2, 0.25) is 0 Å². The predicted molar refractivity (Wildman–Crippen MR) is 67.8 cm³/mol. The van der Waals surface area contributed by atoms with Crippen molar-refractivity contribution in [3.05, 3.63) is 17.6 Å². The molecule has 98 valence electrons. The number of carboxylic acids is 1. The standard InChI is InChI=1S/C12H18N4O2/c1-9-10(2)13-8-14-12(9)16-5-3-15(4-6-16)7-11(17)18/h8H,3-7H2,1-2H3,(H,17,18). The number of aliphatic carboxylic acids is 1. The molecule has 0 unspecified atom stereocenters. The number of nitrogens with zero attached hydrogens (tertiary/aromatic N) is 4. The van der Waals surface area contributed by atoms with Crippen molar-refractivity contribution in [3.63, 3.8) is 0 Å². The van der Waals surface area contributed by atoms with Crippen LogP contribution in [-0.2, 0) is 4.79 Å². The van der Waals surface area contributed by atoms with E-state index in [2.05, 4.69) is 14.9 Å². The second-order valence-corrected chi connectivity index (χ2v) is 4.56. The van der Waals surface area contributed by atoms with E-state index in [1.54, 1.807) is 6.33 Å². The molecule has 1 aromatic heterocycles. The topological polar surface area (TPSA) is 69.6 Å². The van der Waals surface area contributed by atoms with E-state index in [9.17, 15) is 4.79 Å². The van der Waals surface area contributed by atoms with Gasteiger partial charge in [-0.25, -0.2) is 9.97 Å². The molecule has 0 atom stereocenters. The van der Waals surface area contributed by atoms with Gasteiger partial charge in [0, 0.05) is 37.4 Å². The second-order valence-electron chi connectivity index (χ2n) is 4.56. The minimum atomic E-state index is -0.766. The summed E-state index contributed by atoms with van der Waals surface area (Å²) in [5.74, 6) is 0.204. The van der Waals surface area contributed by atoms with E-state index >= 15 is 0 Å². The van der Waals surface area contributed by atoms with Crippen molar-refractivity contribution in [3.8, 4) is 0 Å². The fraction of sp³-hybridized carbons (Fsp3) is 0.583. The molecule has 2 rings (SSSR count). The van der Waals surface area contributed by atoms with Crippen molar-refractivity contribution < 1.29 is 9.90 Å². The molecule has 1 aliphatic rings. The van der Waals surface area contributed by atoms with Gasteiger partial charge < -0.3 is 10.0 Å². The van der Waals surface area contributed by atoms with Gasteiger partial charge in [-0.15, -0.1) is 0 Å². The summed E-state index contributed by atoms with van der Waals surface area (Å²) in [5.41, 5.74) is 2.09. The minimum Gasteiger partial charge on any atom is -0.480 e. The van der Waals surface area contributed by atoms with Gasteiger partial charge in [0.15, 0.2) is 0 Å². The number of aryl methyl sites for hydroxylation is 1. The fourth-order valence-corrected chi connectivity index (χ4v) is 2.15. The van der Waals surface area contributed by atoms with Crippen molar-refractivity contribution in [2.24, 2.45) is 0 Å². The lowest BCUT2D eigenvalue weighted by Crippen LogP contribution is -2.48. The van der Waals surface area contributed by atoms with E-state index in [0.717, 1.165) is 43.3 Å². The molecule has 0 aromatic carbocycles. The Morgan fingerprint density at radius 3 is 2.56 bits per heavy atom. The smallest absolute Gasteiger partial charge is 0.317 e. The van der Waals surface area contributed by atoms with Crippen LogP contribution >= 0.6 is 0 Å². The maximum atomic E-state index is 10.6. The molecule has 0 aliphatic carbocycles. The molecule has 0 bridgehead atoms. The van der Waals surface area contributed by atoms with Crippen molar-refractivity contribution in [1.82, 2.24) is 14.9 Å². The van der Waals surface area contributed by atoms with E-state index in [1.807, 2.05) is 18.7 Å². The van der Waals surface area contributed by atoms with Gasteiger partial charge in [0.25, 0.3) is 0 Å². The van der Waals surface area contributed by atoms with E-state index in [4.69, 9.17) is 5.11 Å². The fourth-order valence-electron chi connectivity index (χ4n) is 2.15. The zero-order valence-corrected chi connectivity index (χ0v) is 10.8. The third-order valence-corrected chi connectivity index (χ3v) is 3.34. The lowest BCUT2D eigenvalue weighted by atomic mass is 10.2. The summed E-state index contributed by atoms with van der Waals surface area (Å²) in [5, 5.41) is 8.75. The molecule has 2 heterocycles. The van der Waals surface area contributed by atoms with Gasteiger partial charge in [-0.05, 0) is 13.8 Å². The summed E-state index contributed by atoms with van der Waals surface area (Å²) in [7, 11) is 0. The predicted octanol–water partition coefficient (Wildman–Crippen LogP) is 0.300. The Morgan fingerprint density at radius 1 is 1.28 bits per heavy atom. The highest BCUT2D eigenvalue weighted by atomic mass is 16.4. The third kappa shape index (κ3) is 2.76. The number of rotatable bonds is 3. The van der Waals surface area contributed by atoms with E-state index in [1.165, 1.54) is 0 Å². The molecular formula is C12H18N4O2. The molecular weight excluding hydrogens is 232 g/mol. The highest BCUT2D eigenvalue weighted by Gasteiger charge is 2.21.